The minimum absolute atomic E-state index is 0.196. The van der Waals surface area contributed by atoms with E-state index in [1.165, 1.54) is 25.1 Å². The van der Waals surface area contributed by atoms with Gasteiger partial charge in [0.15, 0.2) is 0 Å². The first-order chi connectivity index (χ1) is 11.2. The van der Waals surface area contributed by atoms with Crippen LogP contribution in [-0.4, -0.2) is 31.6 Å². The van der Waals surface area contributed by atoms with E-state index in [0.29, 0.717) is 0 Å². The Kier molecular flexibility index (Phi) is 5.40. The molecule has 1 amide bonds. The molecule has 1 unspecified atom stereocenters. The first-order valence-corrected chi connectivity index (χ1v) is 9.09. The SMILES string of the molecule is CC(C(=O)Nc1ccc(F)nc1)N(c1ccccc1Cl)S(C)(=O)=O. The van der Waals surface area contributed by atoms with Crippen molar-refractivity contribution in [3.05, 3.63) is 53.6 Å². The van der Waals surface area contributed by atoms with Gasteiger partial charge >= 0.3 is 0 Å². The van der Waals surface area contributed by atoms with Gasteiger partial charge in [-0.25, -0.2) is 13.4 Å². The summed E-state index contributed by atoms with van der Waals surface area (Å²) in [6.45, 7) is 1.43. The third-order valence-electron chi connectivity index (χ3n) is 3.17. The molecule has 1 aromatic heterocycles. The summed E-state index contributed by atoms with van der Waals surface area (Å²) < 4.78 is 38.0. The number of para-hydroxylation sites is 1. The maximum absolute atomic E-state index is 12.8. The number of sulfonamides is 1. The topological polar surface area (TPSA) is 79.4 Å². The lowest BCUT2D eigenvalue weighted by Gasteiger charge is -2.28. The monoisotopic (exact) mass is 371 g/mol. The average Bonchev–Trinajstić information content (AvgIpc) is 2.50. The molecule has 0 radical (unpaired) electrons. The van der Waals surface area contributed by atoms with Crippen molar-refractivity contribution in [2.75, 3.05) is 15.9 Å². The van der Waals surface area contributed by atoms with Crippen LogP contribution in [-0.2, 0) is 14.8 Å². The lowest BCUT2D eigenvalue weighted by atomic mass is 10.2. The number of pyridine rings is 1. The van der Waals surface area contributed by atoms with Gasteiger partial charge in [0.1, 0.15) is 6.04 Å². The van der Waals surface area contributed by atoms with Crippen LogP contribution in [0.25, 0.3) is 0 Å². The van der Waals surface area contributed by atoms with E-state index >= 15 is 0 Å². The second kappa shape index (κ2) is 7.14. The Morgan fingerprint density at radius 3 is 2.50 bits per heavy atom. The van der Waals surface area contributed by atoms with Crippen molar-refractivity contribution in [2.24, 2.45) is 0 Å². The summed E-state index contributed by atoms with van der Waals surface area (Å²) in [6, 6.07) is 7.64. The summed E-state index contributed by atoms with van der Waals surface area (Å²) >= 11 is 6.06. The lowest BCUT2D eigenvalue weighted by Crippen LogP contribution is -2.45. The van der Waals surface area contributed by atoms with Gasteiger partial charge in [0.2, 0.25) is 21.9 Å². The third kappa shape index (κ3) is 4.21. The van der Waals surface area contributed by atoms with Gasteiger partial charge in [-0.05, 0) is 31.2 Å². The Labute approximate surface area is 144 Å². The van der Waals surface area contributed by atoms with E-state index in [0.717, 1.165) is 22.8 Å². The number of amides is 1. The number of carbonyl (C=O) groups is 1. The minimum atomic E-state index is -3.77. The maximum atomic E-state index is 12.8. The molecule has 1 atom stereocenters. The molecule has 9 heteroatoms. The molecule has 128 valence electrons. The molecule has 1 aromatic carbocycles. The van der Waals surface area contributed by atoms with Crippen LogP contribution < -0.4 is 9.62 Å². The molecule has 0 saturated carbocycles. The molecule has 0 aliphatic carbocycles. The van der Waals surface area contributed by atoms with Gasteiger partial charge in [-0.1, -0.05) is 23.7 Å². The third-order valence-corrected chi connectivity index (χ3v) is 4.72. The van der Waals surface area contributed by atoms with Gasteiger partial charge in [-0.3, -0.25) is 9.10 Å². The fourth-order valence-electron chi connectivity index (χ4n) is 2.11. The molecule has 24 heavy (non-hydrogen) atoms. The van der Waals surface area contributed by atoms with E-state index in [4.69, 9.17) is 11.6 Å². The highest BCUT2D eigenvalue weighted by Gasteiger charge is 2.30. The molecule has 0 bridgehead atoms. The van der Waals surface area contributed by atoms with Gasteiger partial charge < -0.3 is 5.32 Å². The van der Waals surface area contributed by atoms with E-state index in [2.05, 4.69) is 10.3 Å². The molecule has 0 fully saturated rings. The van der Waals surface area contributed by atoms with Crippen molar-refractivity contribution in [3.63, 3.8) is 0 Å². The second-order valence-electron chi connectivity index (χ2n) is 5.05. The van der Waals surface area contributed by atoms with Crippen LogP contribution in [0.2, 0.25) is 5.02 Å². The van der Waals surface area contributed by atoms with Crippen LogP contribution >= 0.6 is 11.6 Å². The fraction of sp³-hybridized carbons (Fsp3) is 0.200. The standard InChI is InChI=1S/C15H15ClFN3O3S/c1-10(15(21)19-11-7-8-14(17)18-9-11)20(24(2,22)23)13-6-4-3-5-12(13)16/h3-10H,1-2H3,(H,19,21). The highest BCUT2D eigenvalue weighted by atomic mass is 35.5. The van der Waals surface area contributed by atoms with E-state index in [1.807, 2.05) is 0 Å². The summed E-state index contributed by atoms with van der Waals surface area (Å²) in [7, 11) is -3.77. The van der Waals surface area contributed by atoms with Gasteiger partial charge in [0.05, 0.1) is 28.9 Å². The van der Waals surface area contributed by atoms with Gasteiger partial charge in [-0.15, -0.1) is 0 Å². The predicted molar refractivity (Wildman–Crippen MR) is 91.1 cm³/mol. The average molecular weight is 372 g/mol. The van der Waals surface area contributed by atoms with Crippen molar-refractivity contribution in [3.8, 4) is 0 Å². The Bertz CT molecular complexity index is 843. The first kappa shape index (κ1) is 18.2. The number of aromatic nitrogens is 1. The first-order valence-electron chi connectivity index (χ1n) is 6.86. The van der Waals surface area contributed by atoms with E-state index < -0.39 is 27.9 Å². The molecule has 0 saturated heterocycles. The highest BCUT2D eigenvalue weighted by Crippen LogP contribution is 2.29. The Hall–Kier alpha value is -2.19. The molecule has 6 nitrogen and oxygen atoms in total. The number of nitrogens with one attached hydrogen (secondary N) is 1. The van der Waals surface area contributed by atoms with Crippen LogP contribution in [0, 0.1) is 5.95 Å². The number of carbonyl (C=O) groups excluding carboxylic acids is 1. The van der Waals surface area contributed by atoms with Gasteiger partial charge in [0.25, 0.3) is 0 Å². The summed E-state index contributed by atoms with van der Waals surface area (Å²) in [6.07, 6.45) is 2.12. The van der Waals surface area contributed by atoms with Gasteiger partial charge in [0, 0.05) is 0 Å². The van der Waals surface area contributed by atoms with E-state index in [1.54, 1.807) is 12.1 Å². The largest absolute Gasteiger partial charge is 0.323 e. The lowest BCUT2D eigenvalue weighted by molar-refractivity contribution is -0.116. The molecule has 0 spiro atoms. The molecular formula is C15H15ClFN3O3S. The number of hydrogen-bond acceptors (Lipinski definition) is 4. The number of rotatable bonds is 5. The van der Waals surface area contributed by atoms with Gasteiger partial charge in [-0.2, -0.15) is 4.39 Å². The molecule has 0 aliphatic heterocycles. The summed E-state index contributed by atoms with van der Waals surface area (Å²) in [5.41, 5.74) is 0.447. The molecule has 2 aromatic rings. The van der Waals surface area contributed by atoms with Crippen molar-refractivity contribution in [2.45, 2.75) is 13.0 Å². The number of nitrogens with zero attached hydrogens (tertiary/aromatic N) is 2. The zero-order valence-corrected chi connectivity index (χ0v) is 14.5. The summed E-state index contributed by atoms with van der Waals surface area (Å²) in [5, 5.41) is 2.69. The zero-order chi connectivity index (χ0) is 17.9. The quantitative estimate of drug-likeness (QED) is 0.819. The van der Waals surface area contributed by atoms with Crippen LogP contribution in [0.5, 0.6) is 0 Å². The normalized spacial score (nSPS) is 12.5. The summed E-state index contributed by atoms with van der Waals surface area (Å²) in [4.78, 5) is 15.8. The Morgan fingerprint density at radius 2 is 1.96 bits per heavy atom. The molecule has 1 N–H and O–H groups in total. The van der Waals surface area contributed by atoms with E-state index in [9.17, 15) is 17.6 Å². The van der Waals surface area contributed by atoms with Crippen molar-refractivity contribution >= 4 is 38.9 Å². The molecule has 2 rings (SSSR count). The molecular weight excluding hydrogens is 357 g/mol. The van der Waals surface area contributed by atoms with Crippen LogP contribution in [0.3, 0.4) is 0 Å². The van der Waals surface area contributed by atoms with E-state index in [-0.39, 0.29) is 16.4 Å². The number of anilines is 2. The number of benzene rings is 1. The number of halogens is 2. The maximum Gasteiger partial charge on any atom is 0.248 e. The van der Waals surface area contributed by atoms with Crippen LogP contribution in [0.15, 0.2) is 42.6 Å². The zero-order valence-electron chi connectivity index (χ0n) is 12.9. The highest BCUT2D eigenvalue weighted by molar-refractivity contribution is 7.92. The molecule has 1 heterocycles. The smallest absolute Gasteiger partial charge is 0.248 e. The van der Waals surface area contributed by atoms with Crippen molar-refractivity contribution < 1.29 is 17.6 Å². The Balaban J connectivity index is 2.31. The minimum Gasteiger partial charge on any atom is -0.323 e. The summed E-state index contributed by atoms with van der Waals surface area (Å²) in [5.74, 6) is -1.29. The Morgan fingerprint density at radius 1 is 1.29 bits per heavy atom. The number of hydrogen-bond donors (Lipinski definition) is 1. The van der Waals surface area contributed by atoms with Crippen molar-refractivity contribution in [1.82, 2.24) is 4.98 Å². The van der Waals surface area contributed by atoms with Crippen LogP contribution in [0.4, 0.5) is 15.8 Å². The predicted octanol–water partition coefficient (Wildman–Crippen LogP) is 2.67. The molecule has 0 aliphatic rings. The second-order valence-corrected chi connectivity index (χ2v) is 7.31. The van der Waals surface area contributed by atoms with Crippen LogP contribution in [0.1, 0.15) is 6.92 Å². The fourth-order valence-corrected chi connectivity index (χ4v) is 3.57. The van der Waals surface area contributed by atoms with Crippen molar-refractivity contribution in [1.29, 1.82) is 0 Å².